The number of sulfone groups is 2. The fraction of sp³-hybridized carbons (Fsp3) is 0. The van der Waals surface area contributed by atoms with Crippen LogP contribution in [0.4, 0.5) is 0 Å². The minimum atomic E-state index is -4.17. The van der Waals surface area contributed by atoms with E-state index in [1.807, 2.05) is 0 Å². The summed E-state index contributed by atoms with van der Waals surface area (Å²) in [5.74, 6) is -0.680. The number of aromatic hydroxyl groups is 2. The number of hydrogen-bond acceptors (Lipinski definition) is 6. The summed E-state index contributed by atoms with van der Waals surface area (Å²) in [4.78, 5) is -1.11. The number of hydrogen-bond donors (Lipinski definition) is 2. The van der Waals surface area contributed by atoms with Crippen molar-refractivity contribution in [1.82, 2.24) is 0 Å². The maximum atomic E-state index is 12.8. The summed E-state index contributed by atoms with van der Waals surface area (Å²) in [7, 11) is -8.22. The van der Waals surface area contributed by atoms with Gasteiger partial charge in [0.05, 0.1) is 14.7 Å². The van der Waals surface area contributed by atoms with Crippen molar-refractivity contribution >= 4 is 31.3 Å². The van der Waals surface area contributed by atoms with Crippen LogP contribution in [-0.4, -0.2) is 27.0 Å². The van der Waals surface area contributed by atoms with Gasteiger partial charge in [-0.3, -0.25) is 0 Å². The van der Waals surface area contributed by atoms with E-state index >= 15 is 0 Å². The van der Waals surface area contributed by atoms with Crippen LogP contribution in [0.3, 0.4) is 0 Å². The number of phenols is 2. The highest BCUT2D eigenvalue weighted by Crippen LogP contribution is 2.33. The average Bonchev–Trinajstić information content (AvgIpc) is 2.62. The Morgan fingerprint density at radius 3 is 1.70 bits per heavy atom. The highest BCUT2D eigenvalue weighted by Gasteiger charge is 2.26. The van der Waals surface area contributed by atoms with Crippen molar-refractivity contribution in [3.63, 3.8) is 0 Å². The van der Waals surface area contributed by atoms with E-state index in [1.54, 1.807) is 0 Å². The predicted molar refractivity (Wildman–Crippen MR) is 98.6 cm³/mol. The Labute approximate surface area is 161 Å². The molecule has 9 heteroatoms. The second-order valence-electron chi connectivity index (χ2n) is 5.58. The van der Waals surface area contributed by atoms with E-state index in [0.29, 0.717) is 5.02 Å². The Morgan fingerprint density at radius 1 is 0.630 bits per heavy atom. The van der Waals surface area contributed by atoms with Crippen LogP contribution in [0.15, 0.2) is 86.3 Å². The third kappa shape index (κ3) is 3.64. The van der Waals surface area contributed by atoms with Crippen molar-refractivity contribution in [3.05, 3.63) is 71.8 Å². The molecule has 0 saturated heterocycles. The SMILES string of the molecule is O=S(=O)(c1ccc(O)cc1)c1ccc(O)c(S(=O)(=O)c2ccc(Cl)cc2)c1. The molecular weight excluding hydrogens is 412 g/mol. The quantitative estimate of drug-likeness (QED) is 0.664. The molecular formula is C18H13ClO6S2. The van der Waals surface area contributed by atoms with E-state index in [1.165, 1.54) is 48.5 Å². The summed E-state index contributed by atoms with van der Waals surface area (Å²) in [6, 6.07) is 13.1. The van der Waals surface area contributed by atoms with Gasteiger partial charge in [0, 0.05) is 5.02 Å². The number of benzene rings is 3. The van der Waals surface area contributed by atoms with Crippen LogP contribution in [0, 0.1) is 0 Å². The molecule has 3 rings (SSSR count). The van der Waals surface area contributed by atoms with E-state index in [0.717, 1.165) is 18.2 Å². The van der Waals surface area contributed by atoms with Gasteiger partial charge in [-0.05, 0) is 66.7 Å². The van der Waals surface area contributed by atoms with E-state index < -0.39 is 30.3 Å². The summed E-state index contributed by atoms with van der Waals surface area (Å²) < 4.78 is 51.1. The zero-order chi connectivity index (χ0) is 19.8. The van der Waals surface area contributed by atoms with Crippen LogP contribution < -0.4 is 0 Å². The van der Waals surface area contributed by atoms with Crippen molar-refractivity contribution in [2.75, 3.05) is 0 Å². The lowest BCUT2D eigenvalue weighted by Gasteiger charge is -2.10. The van der Waals surface area contributed by atoms with E-state index in [9.17, 15) is 27.0 Å². The molecule has 3 aromatic carbocycles. The lowest BCUT2D eigenvalue weighted by Crippen LogP contribution is -2.06. The monoisotopic (exact) mass is 424 g/mol. The van der Waals surface area contributed by atoms with Gasteiger partial charge < -0.3 is 10.2 Å². The summed E-state index contributed by atoms with van der Waals surface area (Å²) in [6.45, 7) is 0. The van der Waals surface area contributed by atoms with Crippen molar-refractivity contribution in [2.45, 2.75) is 19.6 Å². The molecule has 2 N–H and O–H groups in total. The van der Waals surface area contributed by atoms with Crippen LogP contribution in [0.5, 0.6) is 11.5 Å². The molecule has 0 heterocycles. The lowest BCUT2D eigenvalue weighted by atomic mass is 10.3. The number of halogens is 1. The maximum absolute atomic E-state index is 12.8. The van der Waals surface area contributed by atoms with Gasteiger partial charge in [0.2, 0.25) is 19.7 Å². The van der Waals surface area contributed by atoms with Gasteiger partial charge >= 0.3 is 0 Å². The summed E-state index contributed by atoms with van der Waals surface area (Å²) in [5.41, 5.74) is 0. The van der Waals surface area contributed by atoms with Crippen molar-refractivity contribution < 1.29 is 27.0 Å². The zero-order valence-corrected chi connectivity index (χ0v) is 16.0. The first-order chi connectivity index (χ1) is 12.6. The first kappa shape index (κ1) is 19.2. The summed E-state index contributed by atoms with van der Waals surface area (Å²) in [6.07, 6.45) is 0. The van der Waals surface area contributed by atoms with Crippen molar-refractivity contribution in [1.29, 1.82) is 0 Å². The Balaban J connectivity index is 2.15. The van der Waals surface area contributed by atoms with Gasteiger partial charge in [-0.25, -0.2) is 16.8 Å². The average molecular weight is 425 g/mol. The van der Waals surface area contributed by atoms with Gasteiger partial charge in [0.1, 0.15) is 16.4 Å². The van der Waals surface area contributed by atoms with E-state index in [4.69, 9.17) is 11.6 Å². The molecule has 0 aliphatic rings. The molecule has 6 nitrogen and oxygen atoms in total. The molecule has 0 spiro atoms. The highest BCUT2D eigenvalue weighted by molar-refractivity contribution is 7.92. The second kappa shape index (κ2) is 6.88. The van der Waals surface area contributed by atoms with E-state index in [-0.39, 0.29) is 20.4 Å². The van der Waals surface area contributed by atoms with Crippen LogP contribution in [0.1, 0.15) is 0 Å². The van der Waals surface area contributed by atoms with Crippen molar-refractivity contribution in [3.8, 4) is 11.5 Å². The molecule has 0 fully saturated rings. The topological polar surface area (TPSA) is 109 Å². The van der Waals surface area contributed by atoms with Gasteiger partial charge in [-0.15, -0.1) is 0 Å². The first-order valence-electron chi connectivity index (χ1n) is 7.50. The number of phenolic OH excluding ortho intramolecular Hbond substituents is 2. The fourth-order valence-corrected chi connectivity index (χ4v) is 5.24. The normalized spacial score (nSPS) is 12.0. The minimum absolute atomic E-state index is 0.106. The fourth-order valence-electron chi connectivity index (χ4n) is 2.38. The molecule has 0 aliphatic carbocycles. The lowest BCUT2D eigenvalue weighted by molar-refractivity contribution is 0.458. The molecule has 3 aromatic rings. The van der Waals surface area contributed by atoms with Gasteiger partial charge in [0.25, 0.3) is 0 Å². The van der Waals surface area contributed by atoms with Crippen LogP contribution in [0.2, 0.25) is 5.02 Å². The standard InChI is InChI=1S/C18H13ClO6S2/c19-12-1-5-15(6-2-12)27(24,25)18-11-16(9-10-17(18)21)26(22,23)14-7-3-13(20)4-8-14/h1-11,20-21H. The van der Waals surface area contributed by atoms with Crippen LogP contribution >= 0.6 is 11.6 Å². The van der Waals surface area contributed by atoms with Gasteiger partial charge in [0.15, 0.2) is 0 Å². The molecule has 0 amide bonds. The summed E-state index contributed by atoms with van der Waals surface area (Å²) in [5, 5.41) is 19.7. The Kier molecular flexibility index (Phi) is 4.90. The van der Waals surface area contributed by atoms with E-state index in [2.05, 4.69) is 0 Å². The first-order valence-corrected chi connectivity index (χ1v) is 10.8. The molecule has 0 saturated carbocycles. The smallest absolute Gasteiger partial charge is 0.210 e. The zero-order valence-electron chi connectivity index (χ0n) is 13.6. The van der Waals surface area contributed by atoms with Crippen LogP contribution in [-0.2, 0) is 19.7 Å². The predicted octanol–water partition coefficient (Wildman–Crippen LogP) is 3.42. The molecule has 0 bridgehead atoms. The molecule has 0 atom stereocenters. The van der Waals surface area contributed by atoms with Gasteiger partial charge in [-0.1, -0.05) is 11.6 Å². The Bertz CT molecular complexity index is 1200. The molecule has 0 radical (unpaired) electrons. The Morgan fingerprint density at radius 2 is 1.11 bits per heavy atom. The second-order valence-corrected chi connectivity index (χ2v) is 9.89. The molecule has 0 aromatic heterocycles. The minimum Gasteiger partial charge on any atom is -0.508 e. The maximum Gasteiger partial charge on any atom is 0.210 e. The molecule has 0 aliphatic heterocycles. The Hall–Kier alpha value is -2.55. The highest BCUT2D eigenvalue weighted by atomic mass is 35.5. The third-order valence-corrected chi connectivity index (χ3v) is 7.62. The third-order valence-electron chi connectivity index (χ3n) is 3.80. The van der Waals surface area contributed by atoms with Crippen molar-refractivity contribution in [2.24, 2.45) is 0 Å². The number of rotatable bonds is 4. The van der Waals surface area contributed by atoms with Crippen LogP contribution in [0.25, 0.3) is 0 Å². The summed E-state index contributed by atoms with van der Waals surface area (Å²) >= 11 is 5.76. The molecule has 0 unspecified atom stereocenters. The van der Waals surface area contributed by atoms with Gasteiger partial charge in [-0.2, -0.15) is 0 Å². The molecule has 140 valence electrons. The largest absolute Gasteiger partial charge is 0.508 e. The molecule has 27 heavy (non-hydrogen) atoms.